The van der Waals surface area contributed by atoms with Crippen molar-refractivity contribution in [2.24, 2.45) is 0 Å². The van der Waals surface area contributed by atoms with Crippen LogP contribution >= 0.6 is 0 Å². The van der Waals surface area contributed by atoms with Crippen molar-refractivity contribution < 1.29 is 9.32 Å². The second kappa shape index (κ2) is 5.44. The molecule has 2 aromatic heterocycles. The van der Waals surface area contributed by atoms with Gasteiger partial charge in [-0.25, -0.2) is 0 Å². The summed E-state index contributed by atoms with van der Waals surface area (Å²) in [5.74, 6) is 1.02. The number of aromatic nitrogens is 4. The Morgan fingerprint density at radius 1 is 1.50 bits per heavy atom. The van der Waals surface area contributed by atoms with Crippen molar-refractivity contribution in [3.63, 3.8) is 0 Å². The van der Waals surface area contributed by atoms with E-state index in [0.717, 1.165) is 11.3 Å². The second-order valence-corrected chi connectivity index (χ2v) is 4.03. The first-order valence-electron chi connectivity index (χ1n) is 5.70. The van der Waals surface area contributed by atoms with Gasteiger partial charge in [0.15, 0.2) is 5.82 Å². The second-order valence-electron chi connectivity index (χ2n) is 4.03. The molecule has 0 bridgehead atoms. The fourth-order valence-electron chi connectivity index (χ4n) is 1.50. The molecule has 1 amide bonds. The Balaban J connectivity index is 1.74. The monoisotopic (exact) mass is 249 g/mol. The molecule has 2 heterocycles. The molecule has 0 atom stereocenters. The molecule has 0 unspecified atom stereocenters. The number of carbonyl (C=O) groups is 1. The van der Waals surface area contributed by atoms with Crippen LogP contribution in [0.15, 0.2) is 10.7 Å². The van der Waals surface area contributed by atoms with Crippen LogP contribution in [0.1, 0.15) is 29.4 Å². The largest absolute Gasteiger partial charge is 0.352 e. The van der Waals surface area contributed by atoms with E-state index in [1.165, 1.54) is 0 Å². The number of aryl methyl sites for hydroxylation is 3. The van der Waals surface area contributed by atoms with Crippen LogP contribution in [0.25, 0.3) is 0 Å². The molecule has 2 aromatic rings. The summed E-state index contributed by atoms with van der Waals surface area (Å²) in [5.41, 5.74) is 1.94. The van der Waals surface area contributed by atoms with Crippen LogP contribution in [0.3, 0.4) is 0 Å². The molecule has 2 N–H and O–H groups in total. The Labute approximate surface area is 104 Å². The average molecular weight is 249 g/mol. The quantitative estimate of drug-likeness (QED) is 0.811. The molecule has 0 aliphatic carbocycles. The van der Waals surface area contributed by atoms with E-state index in [-0.39, 0.29) is 5.91 Å². The third-order valence-electron chi connectivity index (χ3n) is 2.55. The summed E-state index contributed by atoms with van der Waals surface area (Å²) in [4.78, 5) is 15.6. The number of H-pyrrole nitrogens is 1. The molecule has 0 fully saturated rings. The van der Waals surface area contributed by atoms with Gasteiger partial charge in [-0.2, -0.15) is 10.1 Å². The number of rotatable bonds is 5. The molecule has 0 aromatic carbocycles. The van der Waals surface area contributed by atoms with Crippen LogP contribution in [-0.2, 0) is 17.8 Å². The van der Waals surface area contributed by atoms with Crippen molar-refractivity contribution in [1.82, 2.24) is 25.7 Å². The van der Waals surface area contributed by atoms with E-state index in [4.69, 9.17) is 4.52 Å². The van der Waals surface area contributed by atoms with Crippen LogP contribution in [0.5, 0.6) is 0 Å². The van der Waals surface area contributed by atoms with Crippen molar-refractivity contribution in [3.05, 3.63) is 29.2 Å². The van der Waals surface area contributed by atoms with Gasteiger partial charge in [0, 0.05) is 30.6 Å². The van der Waals surface area contributed by atoms with Crippen LogP contribution in [0.4, 0.5) is 0 Å². The van der Waals surface area contributed by atoms with E-state index in [0.29, 0.717) is 31.1 Å². The zero-order valence-corrected chi connectivity index (χ0v) is 10.4. The number of hydrogen-bond donors (Lipinski definition) is 2. The topological polar surface area (TPSA) is 96.7 Å². The van der Waals surface area contributed by atoms with Crippen molar-refractivity contribution >= 4 is 5.91 Å². The first-order valence-corrected chi connectivity index (χ1v) is 5.70. The number of aromatic amines is 1. The molecule has 2 rings (SSSR count). The van der Waals surface area contributed by atoms with Crippen LogP contribution < -0.4 is 5.32 Å². The molecule has 7 heteroatoms. The van der Waals surface area contributed by atoms with Crippen molar-refractivity contribution in [3.8, 4) is 0 Å². The minimum absolute atomic E-state index is 0.0496. The van der Waals surface area contributed by atoms with E-state index < -0.39 is 0 Å². The predicted octanol–water partition coefficient (Wildman–Crippen LogP) is 0.659. The number of nitrogens with one attached hydrogen (secondary N) is 2. The molecule has 96 valence electrons. The van der Waals surface area contributed by atoms with E-state index in [2.05, 4.69) is 25.7 Å². The molecule has 0 aliphatic rings. The molecule has 0 saturated heterocycles. The van der Waals surface area contributed by atoms with Crippen LogP contribution in [0.2, 0.25) is 0 Å². The van der Waals surface area contributed by atoms with Gasteiger partial charge in [-0.05, 0) is 13.8 Å². The van der Waals surface area contributed by atoms with Gasteiger partial charge in [0.05, 0.1) is 6.20 Å². The predicted molar refractivity (Wildman–Crippen MR) is 62.5 cm³/mol. The standard InChI is InChI=1S/C11H15N5O2/c1-7-9(6-13-15-7)5-12-10(17)3-4-11-14-8(2)16-18-11/h6H,3-5H2,1-2H3,(H,12,17)(H,13,15). The smallest absolute Gasteiger partial charge is 0.227 e. The van der Waals surface area contributed by atoms with Crippen LogP contribution in [0, 0.1) is 13.8 Å². The first-order chi connectivity index (χ1) is 8.65. The Bertz CT molecular complexity index is 531. The third-order valence-corrected chi connectivity index (χ3v) is 2.55. The van der Waals surface area contributed by atoms with Gasteiger partial charge in [0.1, 0.15) is 0 Å². The van der Waals surface area contributed by atoms with Gasteiger partial charge < -0.3 is 9.84 Å². The first kappa shape index (κ1) is 12.3. The molecule has 7 nitrogen and oxygen atoms in total. The lowest BCUT2D eigenvalue weighted by molar-refractivity contribution is -0.121. The zero-order valence-electron chi connectivity index (χ0n) is 10.4. The Morgan fingerprint density at radius 2 is 2.33 bits per heavy atom. The van der Waals surface area contributed by atoms with Crippen molar-refractivity contribution in [1.29, 1.82) is 0 Å². The maximum atomic E-state index is 11.6. The number of amides is 1. The SMILES string of the molecule is Cc1noc(CCC(=O)NCc2cn[nH]c2C)n1. The Morgan fingerprint density at radius 3 is 2.94 bits per heavy atom. The van der Waals surface area contributed by atoms with E-state index >= 15 is 0 Å². The summed E-state index contributed by atoms with van der Waals surface area (Å²) in [6.45, 7) is 4.13. The summed E-state index contributed by atoms with van der Waals surface area (Å²) >= 11 is 0. The van der Waals surface area contributed by atoms with Crippen molar-refractivity contribution in [2.45, 2.75) is 33.2 Å². The minimum Gasteiger partial charge on any atom is -0.352 e. The maximum Gasteiger partial charge on any atom is 0.227 e. The lowest BCUT2D eigenvalue weighted by atomic mass is 10.2. The molecule has 0 radical (unpaired) electrons. The van der Waals surface area contributed by atoms with E-state index in [9.17, 15) is 4.79 Å². The number of carbonyl (C=O) groups excluding carboxylic acids is 1. The van der Waals surface area contributed by atoms with Crippen LogP contribution in [-0.4, -0.2) is 26.2 Å². The number of hydrogen-bond acceptors (Lipinski definition) is 5. The molecular weight excluding hydrogens is 234 g/mol. The van der Waals surface area contributed by atoms with Gasteiger partial charge in [-0.3, -0.25) is 9.89 Å². The average Bonchev–Trinajstić information content (AvgIpc) is 2.93. The van der Waals surface area contributed by atoms with E-state index in [1.807, 2.05) is 6.92 Å². The molecule has 0 saturated carbocycles. The fraction of sp³-hybridized carbons (Fsp3) is 0.455. The fourth-order valence-corrected chi connectivity index (χ4v) is 1.50. The number of nitrogens with zero attached hydrogens (tertiary/aromatic N) is 3. The lowest BCUT2D eigenvalue weighted by Crippen LogP contribution is -2.23. The highest BCUT2D eigenvalue weighted by molar-refractivity contribution is 5.76. The summed E-state index contributed by atoms with van der Waals surface area (Å²) in [7, 11) is 0. The molecular formula is C11H15N5O2. The zero-order chi connectivity index (χ0) is 13.0. The van der Waals surface area contributed by atoms with Gasteiger partial charge >= 0.3 is 0 Å². The molecule has 0 spiro atoms. The van der Waals surface area contributed by atoms with Gasteiger partial charge in [0.25, 0.3) is 0 Å². The molecule has 18 heavy (non-hydrogen) atoms. The van der Waals surface area contributed by atoms with Gasteiger partial charge in [-0.15, -0.1) is 0 Å². The summed E-state index contributed by atoms with van der Waals surface area (Å²) in [6.07, 6.45) is 2.49. The van der Waals surface area contributed by atoms with Crippen molar-refractivity contribution in [2.75, 3.05) is 0 Å². The summed E-state index contributed by atoms with van der Waals surface area (Å²) in [5, 5.41) is 13.2. The highest BCUT2D eigenvalue weighted by Crippen LogP contribution is 2.03. The molecule has 0 aliphatic heterocycles. The maximum absolute atomic E-state index is 11.6. The lowest BCUT2D eigenvalue weighted by Gasteiger charge is -2.02. The van der Waals surface area contributed by atoms with E-state index in [1.54, 1.807) is 13.1 Å². The van der Waals surface area contributed by atoms with Gasteiger partial charge in [-0.1, -0.05) is 5.16 Å². The summed E-state index contributed by atoms with van der Waals surface area (Å²) in [6, 6.07) is 0. The Hall–Kier alpha value is -2.18. The summed E-state index contributed by atoms with van der Waals surface area (Å²) < 4.78 is 4.93. The highest BCUT2D eigenvalue weighted by Gasteiger charge is 2.08. The Kier molecular flexibility index (Phi) is 3.71. The highest BCUT2D eigenvalue weighted by atomic mass is 16.5. The normalized spacial score (nSPS) is 10.6. The minimum atomic E-state index is -0.0496. The third kappa shape index (κ3) is 3.16. The van der Waals surface area contributed by atoms with Gasteiger partial charge in [0.2, 0.25) is 11.8 Å².